The first-order chi connectivity index (χ1) is 4.91. The van der Waals surface area contributed by atoms with Crippen molar-refractivity contribution < 1.29 is 0 Å². The zero-order valence-electron chi connectivity index (χ0n) is 6.93. The molecule has 0 spiro atoms. The number of hydrogen-bond donors (Lipinski definition) is 0. The molecule has 0 rings (SSSR count). The van der Waals surface area contributed by atoms with Gasteiger partial charge in [0.2, 0.25) is 0 Å². The van der Waals surface area contributed by atoms with E-state index in [1.807, 2.05) is 0 Å². The minimum atomic E-state index is 0.140. The number of allylic oxidation sites excluding steroid dienone is 2. The average molecular weight is 176 g/mol. The van der Waals surface area contributed by atoms with Crippen LogP contribution in [-0.2, 0) is 0 Å². The summed E-state index contributed by atoms with van der Waals surface area (Å²) in [7, 11) is 1.26. The summed E-state index contributed by atoms with van der Waals surface area (Å²) in [6, 6.07) is 0. The van der Waals surface area contributed by atoms with E-state index in [0.717, 1.165) is 8.27 Å². The molecule has 0 bridgehead atoms. The summed E-state index contributed by atoms with van der Waals surface area (Å²) in [4.78, 5) is 0. The van der Waals surface area contributed by atoms with Crippen molar-refractivity contribution in [1.82, 2.24) is 0 Å². The maximum atomic E-state index is 2.40. The molecule has 0 aromatic carbocycles. The van der Waals surface area contributed by atoms with E-state index in [1.165, 1.54) is 12.8 Å². The van der Waals surface area contributed by atoms with Gasteiger partial charge < -0.3 is 0 Å². The van der Waals surface area contributed by atoms with Crippen LogP contribution in [-0.4, -0.2) is 0 Å². The van der Waals surface area contributed by atoms with Crippen LogP contribution in [0.4, 0.5) is 0 Å². The Morgan fingerprint density at radius 2 is 1.90 bits per heavy atom. The first kappa shape index (κ1) is 10.3. The topological polar surface area (TPSA) is 0 Å². The average Bonchev–Trinajstić information content (AvgIpc) is 1.97. The summed E-state index contributed by atoms with van der Waals surface area (Å²) in [6.45, 7) is 4.38. The predicted octanol–water partition coefficient (Wildman–Crippen LogP) is 3.57. The quantitative estimate of drug-likeness (QED) is 0.443. The van der Waals surface area contributed by atoms with Crippen molar-refractivity contribution >= 4 is 16.5 Å². The molecule has 0 heterocycles. The Morgan fingerprint density at radius 1 is 1.20 bits per heavy atom. The van der Waals surface area contributed by atoms with Gasteiger partial charge in [0.1, 0.15) is 0 Å². The molecule has 0 nitrogen and oxygen atoms in total. The molecule has 0 aliphatic carbocycles. The number of hydrogen-bond acceptors (Lipinski definition) is 0. The standard InChI is InChI=1S/C8H18P2/c1-3-5-7-9-10-8-6-4-2/h5-9H,3-4H2,1-2,10H3/b7-5+,8-6+. The molecule has 0 fully saturated rings. The van der Waals surface area contributed by atoms with Crippen LogP contribution < -0.4 is 0 Å². The zero-order chi connectivity index (χ0) is 7.66. The first-order valence-corrected chi connectivity index (χ1v) is 8.17. The van der Waals surface area contributed by atoms with Crippen molar-refractivity contribution in [3.63, 3.8) is 0 Å². The molecule has 0 saturated heterocycles. The van der Waals surface area contributed by atoms with Crippen LogP contribution in [0, 0.1) is 0 Å². The normalized spacial score (nSPS) is 13.4. The van der Waals surface area contributed by atoms with E-state index in [2.05, 4.69) is 37.6 Å². The van der Waals surface area contributed by atoms with E-state index in [4.69, 9.17) is 0 Å². The molecule has 10 heavy (non-hydrogen) atoms. The molecule has 0 aliphatic rings. The molecule has 0 N–H and O–H groups in total. The van der Waals surface area contributed by atoms with Gasteiger partial charge in [0, 0.05) is 0 Å². The second-order valence-electron chi connectivity index (χ2n) is 2.10. The van der Waals surface area contributed by atoms with E-state index in [1.54, 1.807) is 0 Å². The van der Waals surface area contributed by atoms with Gasteiger partial charge in [0.05, 0.1) is 0 Å². The van der Waals surface area contributed by atoms with Crippen molar-refractivity contribution in [3.05, 3.63) is 23.8 Å². The Bertz CT molecular complexity index is 91.8. The third-order valence-corrected chi connectivity index (χ3v) is 4.51. The van der Waals surface area contributed by atoms with Crippen LogP contribution in [0.15, 0.2) is 23.8 Å². The fourth-order valence-electron chi connectivity index (χ4n) is 0.587. The molecular formula is C8H18P2. The summed E-state index contributed by atoms with van der Waals surface area (Å²) < 4.78 is 0. The van der Waals surface area contributed by atoms with Crippen molar-refractivity contribution in [3.8, 4) is 0 Å². The third kappa shape index (κ3) is 8.34. The fourth-order valence-corrected chi connectivity index (χ4v) is 3.58. The van der Waals surface area contributed by atoms with Gasteiger partial charge in [-0.05, 0) is 0 Å². The predicted molar refractivity (Wildman–Crippen MR) is 58.3 cm³/mol. The van der Waals surface area contributed by atoms with Crippen LogP contribution >= 0.6 is 16.5 Å². The maximum absolute atomic E-state index is 2.40. The van der Waals surface area contributed by atoms with Gasteiger partial charge in [-0.15, -0.1) is 0 Å². The van der Waals surface area contributed by atoms with Crippen LogP contribution in [0.25, 0.3) is 0 Å². The van der Waals surface area contributed by atoms with Gasteiger partial charge in [-0.1, -0.05) is 0 Å². The molecule has 1 unspecified atom stereocenters. The van der Waals surface area contributed by atoms with Crippen LogP contribution in [0.5, 0.6) is 0 Å². The summed E-state index contributed by atoms with van der Waals surface area (Å²) >= 11 is 0. The molecular weight excluding hydrogens is 158 g/mol. The second kappa shape index (κ2) is 9.34. The van der Waals surface area contributed by atoms with E-state index >= 15 is 0 Å². The fraction of sp³-hybridized carbons (Fsp3) is 0.500. The second-order valence-corrected chi connectivity index (χ2v) is 6.17. The Kier molecular flexibility index (Phi) is 9.66. The molecule has 0 aromatic rings. The van der Waals surface area contributed by atoms with Gasteiger partial charge in [-0.2, -0.15) is 0 Å². The molecule has 0 amide bonds. The van der Waals surface area contributed by atoms with Gasteiger partial charge in [0.15, 0.2) is 0 Å². The van der Waals surface area contributed by atoms with E-state index in [0.29, 0.717) is 0 Å². The van der Waals surface area contributed by atoms with Gasteiger partial charge in [-0.3, -0.25) is 0 Å². The summed E-state index contributed by atoms with van der Waals surface area (Å²) in [6.07, 6.45) is 6.96. The van der Waals surface area contributed by atoms with E-state index in [9.17, 15) is 0 Å². The Labute approximate surface area is 67.6 Å². The van der Waals surface area contributed by atoms with E-state index in [-0.39, 0.29) is 8.27 Å². The molecule has 1 atom stereocenters. The van der Waals surface area contributed by atoms with Crippen LogP contribution in [0.2, 0.25) is 0 Å². The van der Waals surface area contributed by atoms with Gasteiger partial charge >= 0.3 is 67.0 Å². The molecule has 0 aromatic heterocycles. The van der Waals surface area contributed by atoms with Gasteiger partial charge in [0.25, 0.3) is 0 Å². The van der Waals surface area contributed by atoms with Crippen LogP contribution in [0.3, 0.4) is 0 Å². The third-order valence-electron chi connectivity index (χ3n) is 1.11. The molecule has 60 valence electrons. The van der Waals surface area contributed by atoms with Crippen molar-refractivity contribution in [2.75, 3.05) is 0 Å². The summed E-state index contributed by atoms with van der Waals surface area (Å²) in [5, 5.41) is 0. The molecule has 0 radical (unpaired) electrons. The SMILES string of the molecule is CC/C=C/P[PH3]/C=C/CC. The molecule has 2 heteroatoms. The van der Waals surface area contributed by atoms with Crippen molar-refractivity contribution in [2.45, 2.75) is 26.7 Å². The zero-order valence-corrected chi connectivity index (χ0v) is 9.34. The Balaban J connectivity index is 3.04. The van der Waals surface area contributed by atoms with Crippen molar-refractivity contribution in [2.24, 2.45) is 0 Å². The number of rotatable bonds is 5. The first-order valence-electron chi connectivity index (χ1n) is 3.95. The molecule has 0 saturated carbocycles. The van der Waals surface area contributed by atoms with E-state index < -0.39 is 0 Å². The van der Waals surface area contributed by atoms with Crippen LogP contribution in [0.1, 0.15) is 26.7 Å². The summed E-state index contributed by atoms with van der Waals surface area (Å²) in [5.41, 5.74) is 0. The van der Waals surface area contributed by atoms with Gasteiger partial charge in [-0.25, -0.2) is 0 Å². The minimum absolute atomic E-state index is 0.140. The van der Waals surface area contributed by atoms with Crippen molar-refractivity contribution in [1.29, 1.82) is 0 Å². The summed E-state index contributed by atoms with van der Waals surface area (Å²) in [5.74, 6) is 4.74. The Morgan fingerprint density at radius 3 is 2.50 bits per heavy atom. The Hall–Kier alpha value is 0.340. The monoisotopic (exact) mass is 176 g/mol. The molecule has 0 aliphatic heterocycles.